The highest BCUT2D eigenvalue weighted by atomic mass is 16.7. The maximum absolute atomic E-state index is 12.8. The smallest absolute Gasteiger partial charge is 0.306 e. The fourth-order valence-electron chi connectivity index (χ4n) is 6.79. The zero-order valence-electron chi connectivity index (χ0n) is 40.0. The number of allylic oxidation sites excluding steroid dienone is 18. The van der Waals surface area contributed by atoms with E-state index in [9.17, 15) is 25.2 Å². The van der Waals surface area contributed by atoms with E-state index in [4.69, 9.17) is 18.9 Å². The molecule has 9 nitrogen and oxygen atoms in total. The molecule has 0 aromatic heterocycles. The molecular weight excluding hydrogens is 805 g/mol. The number of carbonyl (C=O) groups excluding carboxylic acids is 1. The van der Waals surface area contributed by atoms with Gasteiger partial charge in [0.05, 0.1) is 19.8 Å². The molecule has 1 aliphatic heterocycles. The summed E-state index contributed by atoms with van der Waals surface area (Å²) in [6.07, 6.45) is 56.8. The third kappa shape index (κ3) is 35.2. The standard InChI is InChI=1S/C55H90O9/c1-3-5-7-9-11-13-15-17-19-21-23-24-25-27-29-31-33-35-37-39-41-43-45-61-47-49(48-62-55-54(60)53(59)52(58)50(46-56)64-55)63-51(57)44-42-40-38-36-34-32-30-28-26-22-20-18-16-14-12-10-8-6-4-2/h5,7,11-14,17-20,23-24,26-29,33,35,49-50,52-56,58-60H,3-4,6,8-10,15-16,21-22,25,30-32,34,36-48H2,1-2H3/b7-5-,13-11-,14-12-,19-17-,20-18-,24-23-,28-26-,29-27-,35-33-. The minimum Gasteiger partial charge on any atom is -0.457 e. The molecule has 1 fully saturated rings. The Morgan fingerprint density at radius 1 is 0.516 bits per heavy atom. The van der Waals surface area contributed by atoms with Crippen molar-refractivity contribution in [1.82, 2.24) is 0 Å². The molecule has 0 aliphatic carbocycles. The van der Waals surface area contributed by atoms with Crippen LogP contribution in [0.4, 0.5) is 0 Å². The van der Waals surface area contributed by atoms with Crippen LogP contribution in [0.2, 0.25) is 0 Å². The van der Waals surface area contributed by atoms with Gasteiger partial charge in [-0.05, 0) is 103 Å². The van der Waals surface area contributed by atoms with Gasteiger partial charge in [0, 0.05) is 13.0 Å². The molecule has 1 rings (SSSR count). The van der Waals surface area contributed by atoms with Crippen LogP contribution in [0, 0.1) is 0 Å². The van der Waals surface area contributed by atoms with Crippen molar-refractivity contribution in [3.63, 3.8) is 0 Å². The van der Waals surface area contributed by atoms with Crippen LogP contribution < -0.4 is 0 Å². The molecule has 6 atom stereocenters. The van der Waals surface area contributed by atoms with Crippen molar-refractivity contribution in [2.24, 2.45) is 0 Å². The highest BCUT2D eigenvalue weighted by Crippen LogP contribution is 2.22. The molecule has 0 aromatic rings. The van der Waals surface area contributed by atoms with Crippen LogP contribution in [0.1, 0.15) is 168 Å². The fraction of sp³-hybridized carbons (Fsp3) is 0.655. The average molecular weight is 895 g/mol. The van der Waals surface area contributed by atoms with Gasteiger partial charge in [0.25, 0.3) is 0 Å². The zero-order valence-corrected chi connectivity index (χ0v) is 40.0. The van der Waals surface area contributed by atoms with E-state index in [0.29, 0.717) is 6.61 Å². The Labute approximate surface area is 389 Å². The van der Waals surface area contributed by atoms with Gasteiger partial charge >= 0.3 is 5.97 Å². The lowest BCUT2D eigenvalue weighted by Gasteiger charge is -2.39. The lowest BCUT2D eigenvalue weighted by Crippen LogP contribution is -2.59. The largest absolute Gasteiger partial charge is 0.457 e. The van der Waals surface area contributed by atoms with Crippen LogP contribution in [0.25, 0.3) is 0 Å². The number of unbranched alkanes of at least 4 members (excludes halogenated alkanes) is 12. The molecular formula is C55H90O9. The van der Waals surface area contributed by atoms with Crippen LogP contribution >= 0.6 is 0 Å². The van der Waals surface area contributed by atoms with Gasteiger partial charge in [-0.3, -0.25) is 4.79 Å². The first-order chi connectivity index (χ1) is 31.4. The third-order valence-corrected chi connectivity index (χ3v) is 10.7. The summed E-state index contributed by atoms with van der Waals surface area (Å²) >= 11 is 0. The van der Waals surface area contributed by atoms with Gasteiger partial charge in [0.1, 0.15) is 30.5 Å². The third-order valence-electron chi connectivity index (χ3n) is 10.7. The molecule has 9 heteroatoms. The first-order valence-electron chi connectivity index (χ1n) is 25.0. The molecule has 0 amide bonds. The number of rotatable bonds is 41. The summed E-state index contributed by atoms with van der Waals surface area (Å²) in [6.45, 7) is 4.30. The van der Waals surface area contributed by atoms with E-state index in [1.165, 1.54) is 38.5 Å². The molecule has 1 heterocycles. The van der Waals surface area contributed by atoms with Gasteiger partial charge in [0.2, 0.25) is 0 Å². The highest BCUT2D eigenvalue weighted by Gasteiger charge is 2.44. The van der Waals surface area contributed by atoms with Gasteiger partial charge in [-0.25, -0.2) is 0 Å². The number of aliphatic hydroxyl groups excluding tert-OH is 4. The van der Waals surface area contributed by atoms with E-state index in [1.54, 1.807) is 0 Å². The molecule has 1 aliphatic rings. The van der Waals surface area contributed by atoms with Gasteiger partial charge in [0.15, 0.2) is 6.29 Å². The maximum atomic E-state index is 12.8. The van der Waals surface area contributed by atoms with E-state index < -0.39 is 43.4 Å². The average Bonchev–Trinajstić information content (AvgIpc) is 3.30. The first kappa shape index (κ1) is 58.9. The second-order valence-corrected chi connectivity index (χ2v) is 16.5. The molecule has 0 radical (unpaired) electrons. The highest BCUT2D eigenvalue weighted by molar-refractivity contribution is 5.69. The van der Waals surface area contributed by atoms with Crippen LogP contribution in [0.15, 0.2) is 109 Å². The Kier molecular flexibility index (Phi) is 41.4. The second kappa shape index (κ2) is 45.0. The molecule has 0 aromatic carbocycles. The summed E-state index contributed by atoms with van der Waals surface area (Å²) in [6, 6.07) is 0. The number of aliphatic hydroxyl groups is 4. The number of hydrogen-bond acceptors (Lipinski definition) is 9. The fourth-order valence-corrected chi connectivity index (χ4v) is 6.79. The molecule has 64 heavy (non-hydrogen) atoms. The van der Waals surface area contributed by atoms with Crippen molar-refractivity contribution in [2.45, 2.75) is 205 Å². The van der Waals surface area contributed by atoms with E-state index in [2.05, 4.69) is 123 Å². The summed E-state index contributed by atoms with van der Waals surface area (Å²) in [5, 5.41) is 40.2. The summed E-state index contributed by atoms with van der Waals surface area (Å²) in [5.41, 5.74) is 0. The normalized spacial score (nSPS) is 20.5. The number of esters is 1. The van der Waals surface area contributed by atoms with Crippen molar-refractivity contribution >= 4 is 5.97 Å². The van der Waals surface area contributed by atoms with Gasteiger partial charge in [-0.2, -0.15) is 0 Å². The van der Waals surface area contributed by atoms with E-state index in [1.807, 2.05) is 0 Å². The minimum atomic E-state index is -1.55. The number of hydrogen-bond donors (Lipinski definition) is 4. The van der Waals surface area contributed by atoms with E-state index >= 15 is 0 Å². The van der Waals surface area contributed by atoms with Crippen LogP contribution in [0.3, 0.4) is 0 Å². The monoisotopic (exact) mass is 895 g/mol. The van der Waals surface area contributed by atoms with E-state index in [-0.39, 0.29) is 25.6 Å². The van der Waals surface area contributed by atoms with Gasteiger partial charge in [-0.1, -0.05) is 168 Å². The van der Waals surface area contributed by atoms with Crippen molar-refractivity contribution < 1.29 is 44.2 Å². The van der Waals surface area contributed by atoms with Crippen molar-refractivity contribution in [1.29, 1.82) is 0 Å². The lowest BCUT2D eigenvalue weighted by molar-refractivity contribution is -0.305. The number of ether oxygens (including phenoxy) is 4. The molecule has 0 saturated carbocycles. The quantitative estimate of drug-likeness (QED) is 0.0269. The maximum Gasteiger partial charge on any atom is 0.306 e. The first-order valence-corrected chi connectivity index (χ1v) is 25.0. The molecule has 364 valence electrons. The van der Waals surface area contributed by atoms with Crippen LogP contribution in [-0.2, 0) is 23.7 Å². The molecule has 1 saturated heterocycles. The summed E-state index contributed by atoms with van der Waals surface area (Å²) in [4.78, 5) is 12.8. The number of carbonyl (C=O) groups is 1. The van der Waals surface area contributed by atoms with Gasteiger partial charge in [-0.15, -0.1) is 0 Å². The second-order valence-electron chi connectivity index (χ2n) is 16.5. The summed E-state index contributed by atoms with van der Waals surface area (Å²) < 4.78 is 22.8. The SMILES string of the molecule is CC/C=C\C/C=C\C/C=C\C/C=C\C/C=C\C/C=C\CCCCCOCC(COC1OC(CO)C(O)C(O)C1O)OC(=O)CCCCCCCC/C=C\C/C=C\C/C=C\CCCCC. The Morgan fingerprint density at radius 2 is 0.953 bits per heavy atom. The minimum absolute atomic E-state index is 0.109. The lowest BCUT2D eigenvalue weighted by atomic mass is 9.99. The zero-order chi connectivity index (χ0) is 46.4. The molecule has 0 spiro atoms. The molecule has 4 N–H and O–H groups in total. The topological polar surface area (TPSA) is 135 Å². The Morgan fingerprint density at radius 3 is 1.44 bits per heavy atom. The molecule has 6 unspecified atom stereocenters. The summed E-state index contributed by atoms with van der Waals surface area (Å²) in [7, 11) is 0. The summed E-state index contributed by atoms with van der Waals surface area (Å²) in [5.74, 6) is -0.343. The molecule has 0 bridgehead atoms. The van der Waals surface area contributed by atoms with Crippen LogP contribution in [-0.4, -0.2) is 89.6 Å². The van der Waals surface area contributed by atoms with Crippen LogP contribution in [0.5, 0.6) is 0 Å². The van der Waals surface area contributed by atoms with Crippen molar-refractivity contribution in [2.75, 3.05) is 26.4 Å². The van der Waals surface area contributed by atoms with Gasteiger partial charge < -0.3 is 39.4 Å². The predicted octanol–water partition coefficient (Wildman–Crippen LogP) is 12.1. The Hall–Kier alpha value is -3.15. The Balaban J connectivity index is 2.29. The van der Waals surface area contributed by atoms with E-state index in [0.717, 1.165) is 109 Å². The van der Waals surface area contributed by atoms with Crippen molar-refractivity contribution in [3.05, 3.63) is 109 Å². The predicted molar refractivity (Wildman–Crippen MR) is 265 cm³/mol. The Bertz CT molecular complexity index is 1340. The van der Waals surface area contributed by atoms with Crippen molar-refractivity contribution in [3.8, 4) is 0 Å².